The lowest BCUT2D eigenvalue weighted by Crippen LogP contribution is -2.16. The Morgan fingerprint density at radius 1 is 1.05 bits per heavy atom. The first-order valence-electron chi connectivity index (χ1n) is 6.65. The number of aryl methyl sites for hydroxylation is 2. The van der Waals surface area contributed by atoms with Crippen LogP contribution >= 0.6 is 0 Å². The van der Waals surface area contributed by atoms with Crippen LogP contribution < -0.4 is 9.64 Å². The Labute approximate surface area is 120 Å². The average molecular weight is 271 g/mol. The number of hydrogen-bond acceptors (Lipinski definition) is 3. The van der Waals surface area contributed by atoms with E-state index in [2.05, 4.69) is 36.9 Å². The van der Waals surface area contributed by atoms with Gasteiger partial charge in [-0.05, 0) is 55.3 Å². The third kappa shape index (κ3) is 3.23. The smallest absolute Gasteiger partial charge is 0.120 e. The highest BCUT2D eigenvalue weighted by atomic mass is 16.5. The average Bonchev–Trinajstić information content (AvgIpc) is 2.40. The number of phenolic OH excluding ortho intramolecular Hbond substituents is 1. The van der Waals surface area contributed by atoms with Gasteiger partial charge in [0.05, 0.1) is 7.11 Å². The number of hydrogen-bond donors (Lipinski definition) is 1. The zero-order chi connectivity index (χ0) is 14.7. The SMILES string of the molecule is COc1ccc(O)c(CN(C)c2cc(C)cc(C)c2)c1. The van der Waals surface area contributed by atoms with E-state index < -0.39 is 0 Å². The van der Waals surface area contributed by atoms with Crippen LogP contribution in [0.1, 0.15) is 16.7 Å². The maximum Gasteiger partial charge on any atom is 0.120 e. The minimum absolute atomic E-state index is 0.294. The molecule has 0 saturated carbocycles. The van der Waals surface area contributed by atoms with Crippen molar-refractivity contribution in [1.82, 2.24) is 0 Å². The number of phenols is 1. The van der Waals surface area contributed by atoms with E-state index in [9.17, 15) is 5.11 Å². The third-order valence-corrected chi connectivity index (χ3v) is 3.34. The van der Waals surface area contributed by atoms with E-state index >= 15 is 0 Å². The molecule has 20 heavy (non-hydrogen) atoms. The Kier molecular flexibility index (Phi) is 4.18. The maximum absolute atomic E-state index is 9.95. The summed E-state index contributed by atoms with van der Waals surface area (Å²) in [5.41, 5.74) is 4.47. The van der Waals surface area contributed by atoms with Crippen molar-refractivity contribution < 1.29 is 9.84 Å². The van der Waals surface area contributed by atoms with Gasteiger partial charge in [0.2, 0.25) is 0 Å². The van der Waals surface area contributed by atoms with Gasteiger partial charge in [-0.3, -0.25) is 0 Å². The van der Waals surface area contributed by atoms with Gasteiger partial charge in [0, 0.05) is 24.8 Å². The van der Waals surface area contributed by atoms with Crippen molar-refractivity contribution in [3.05, 3.63) is 53.1 Å². The minimum atomic E-state index is 0.294. The Bertz CT molecular complexity index is 588. The van der Waals surface area contributed by atoms with E-state index in [-0.39, 0.29) is 0 Å². The van der Waals surface area contributed by atoms with E-state index in [0.29, 0.717) is 12.3 Å². The largest absolute Gasteiger partial charge is 0.508 e. The molecule has 1 N–H and O–H groups in total. The molecule has 0 saturated heterocycles. The van der Waals surface area contributed by atoms with E-state index in [4.69, 9.17) is 4.74 Å². The second-order valence-electron chi connectivity index (χ2n) is 5.20. The molecule has 2 aromatic carbocycles. The number of ether oxygens (including phenoxy) is 1. The first kappa shape index (κ1) is 14.3. The summed E-state index contributed by atoms with van der Waals surface area (Å²) in [6.45, 7) is 4.81. The molecule has 0 spiro atoms. The summed E-state index contributed by atoms with van der Waals surface area (Å²) in [6, 6.07) is 11.7. The molecule has 0 unspecified atom stereocenters. The van der Waals surface area contributed by atoms with Crippen LogP contribution in [0.5, 0.6) is 11.5 Å². The lowest BCUT2D eigenvalue weighted by atomic mass is 10.1. The van der Waals surface area contributed by atoms with Crippen LogP contribution in [0.3, 0.4) is 0 Å². The first-order chi connectivity index (χ1) is 9.49. The number of benzene rings is 2. The molecule has 3 nitrogen and oxygen atoms in total. The molecular formula is C17H21NO2. The second kappa shape index (κ2) is 5.87. The lowest BCUT2D eigenvalue weighted by Gasteiger charge is -2.21. The number of anilines is 1. The van der Waals surface area contributed by atoms with Gasteiger partial charge in [-0.25, -0.2) is 0 Å². The first-order valence-corrected chi connectivity index (χ1v) is 6.65. The summed E-state index contributed by atoms with van der Waals surface area (Å²) in [5, 5.41) is 9.95. The van der Waals surface area contributed by atoms with Gasteiger partial charge in [-0.2, -0.15) is 0 Å². The topological polar surface area (TPSA) is 32.7 Å². The summed E-state index contributed by atoms with van der Waals surface area (Å²) in [5.74, 6) is 1.05. The van der Waals surface area contributed by atoms with E-state index in [1.807, 2.05) is 13.1 Å². The number of nitrogens with zero attached hydrogens (tertiary/aromatic N) is 1. The fraction of sp³-hybridized carbons (Fsp3) is 0.294. The summed E-state index contributed by atoms with van der Waals surface area (Å²) in [7, 11) is 3.65. The number of methoxy groups -OCH3 is 1. The Hall–Kier alpha value is -2.16. The van der Waals surface area contributed by atoms with E-state index in [1.165, 1.54) is 11.1 Å². The molecule has 0 bridgehead atoms. The zero-order valence-corrected chi connectivity index (χ0v) is 12.5. The molecule has 0 amide bonds. The summed E-state index contributed by atoms with van der Waals surface area (Å²) in [4.78, 5) is 2.12. The fourth-order valence-corrected chi connectivity index (χ4v) is 2.33. The van der Waals surface area contributed by atoms with Crippen molar-refractivity contribution in [3.8, 4) is 11.5 Å². The Morgan fingerprint density at radius 2 is 1.70 bits per heavy atom. The minimum Gasteiger partial charge on any atom is -0.508 e. The van der Waals surface area contributed by atoms with Crippen LogP contribution in [0.4, 0.5) is 5.69 Å². The molecular weight excluding hydrogens is 250 g/mol. The van der Waals surface area contributed by atoms with Gasteiger partial charge in [0.1, 0.15) is 11.5 Å². The second-order valence-corrected chi connectivity index (χ2v) is 5.20. The highest BCUT2D eigenvalue weighted by Gasteiger charge is 2.08. The molecule has 0 atom stereocenters. The zero-order valence-electron chi connectivity index (χ0n) is 12.5. The van der Waals surface area contributed by atoms with Crippen LogP contribution in [-0.4, -0.2) is 19.3 Å². The predicted molar refractivity (Wildman–Crippen MR) is 82.7 cm³/mol. The Morgan fingerprint density at radius 3 is 2.30 bits per heavy atom. The summed E-state index contributed by atoms with van der Waals surface area (Å²) in [6.07, 6.45) is 0. The normalized spacial score (nSPS) is 10.4. The van der Waals surface area contributed by atoms with Gasteiger partial charge < -0.3 is 14.7 Å². The van der Waals surface area contributed by atoms with Crippen LogP contribution in [0.25, 0.3) is 0 Å². The molecule has 0 radical (unpaired) electrons. The van der Waals surface area contributed by atoms with Gasteiger partial charge in [0.25, 0.3) is 0 Å². The number of aromatic hydroxyl groups is 1. The lowest BCUT2D eigenvalue weighted by molar-refractivity contribution is 0.410. The summed E-state index contributed by atoms with van der Waals surface area (Å²) >= 11 is 0. The highest BCUT2D eigenvalue weighted by molar-refractivity contribution is 5.52. The van der Waals surface area contributed by atoms with Gasteiger partial charge in [-0.15, -0.1) is 0 Å². The highest BCUT2D eigenvalue weighted by Crippen LogP contribution is 2.26. The van der Waals surface area contributed by atoms with Crippen molar-refractivity contribution in [1.29, 1.82) is 0 Å². The quantitative estimate of drug-likeness (QED) is 0.921. The van der Waals surface area contributed by atoms with Gasteiger partial charge >= 0.3 is 0 Å². The van der Waals surface area contributed by atoms with Crippen LogP contribution in [0.2, 0.25) is 0 Å². The van der Waals surface area contributed by atoms with Crippen molar-refractivity contribution in [2.24, 2.45) is 0 Å². The van der Waals surface area contributed by atoms with Gasteiger partial charge in [-0.1, -0.05) is 6.07 Å². The molecule has 3 heteroatoms. The molecule has 0 heterocycles. The summed E-state index contributed by atoms with van der Waals surface area (Å²) < 4.78 is 5.21. The monoisotopic (exact) mass is 271 g/mol. The molecule has 2 aromatic rings. The molecule has 0 aliphatic heterocycles. The third-order valence-electron chi connectivity index (χ3n) is 3.34. The van der Waals surface area contributed by atoms with Crippen molar-refractivity contribution >= 4 is 5.69 Å². The van der Waals surface area contributed by atoms with Gasteiger partial charge in [0.15, 0.2) is 0 Å². The molecule has 0 fully saturated rings. The van der Waals surface area contributed by atoms with Crippen molar-refractivity contribution in [3.63, 3.8) is 0 Å². The molecule has 2 rings (SSSR count). The van der Waals surface area contributed by atoms with Crippen molar-refractivity contribution in [2.75, 3.05) is 19.1 Å². The molecule has 106 valence electrons. The molecule has 0 aliphatic carbocycles. The van der Waals surface area contributed by atoms with E-state index in [1.54, 1.807) is 19.2 Å². The number of rotatable bonds is 4. The standard InChI is InChI=1S/C17H21NO2/c1-12-7-13(2)9-15(8-12)18(3)11-14-10-16(20-4)5-6-17(14)19/h5-10,19H,11H2,1-4H3. The molecule has 0 aliphatic rings. The Balaban J connectivity index is 2.24. The van der Waals surface area contributed by atoms with Crippen LogP contribution in [0, 0.1) is 13.8 Å². The van der Waals surface area contributed by atoms with Crippen LogP contribution in [-0.2, 0) is 6.54 Å². The maximum atomic E-state index is 9.95. The van der Waals surface area contributed by atoms with Crippen molar-refractivity contribution in [2.45, 2.75) is 20.4 Å². The fourth-order valence-electron chi connectivity index (χ4n) is 2.33. The molecule has 0 aromatic heterocycles. The predicted octanol–water partition coefficient (Wildman–Crippen LogP) is 3.65. The van der Waals surface area contributed by atoms with E-state index in [0.717, 1.165) is 17.0 Å². The van der Waals surface area contributed by atoms with Crippen LogP contribution in [0.15, 0.2) is 36.4 Å².